The number of urea groups is 1. The molecule has 0 aromatic carbocycles. The molecule has 0 heterocycles. The van der Waals surface area contributed by atoms with Gasteiger partial charge in [0.15, 0.2) is 0 Å². The third kappa shape index (κ3) is 5.21. The summed E-state index contributed by atoms with van der Waals surface area (Å²) in [5.41, 5.74) is 0. The quantitative estimate of drug-likeness (QED) is 0.635. The Balaban J connectivity index is 2.35. The summed E-state index contributed by atoms with van der Waals surface area (Å²) in [5, 5.41) is 14.3. The summed E-state index contributed by atoms with van der Waals surface area (Å²) in [4.78, 5) is 22.7. The van der Waals surface area contributed by atoms with Gasteiger partial charge in [0.25, 0.3) is 0 Å². The molecular weight excluding hydrogens is 232 g/mol. The van der Waals surface area contributed by atoms with Crippen molar-refractivity contribution in [1.82, 2.24) is 10.6 Å². The molecule has 18 heavy (non-hydrogen) atoms. The van der Waals surface area contributed by atoms with Gasteiger partial charge in [0.1, 0.15) is 6.04 Å². The van der Waals surface area contributed by atoms with Crippen LogP contribution in [0, 0.1) is 0 Å². The average molecular weight is 254 g/mol. The number of nitrogens with one attached hydrogen (secondary N) is 2. The van der Waals surface area contributed by atoms with E-state index in [9.17, 15) is 9.59 Å². The third-order valence-corrected chi connectivity index (χ3v) is 3.05. The van der Waals surface area contributed by atoms with Gasteiger partial charge >= 0.3 is 12.0 Å². The number of carboxylic acids is 1. The van der Waals surface area contributed by atoms with Crippen LogP contribution in [0.3, 0.4) is 0 Å². The highest BCUT2D eigenvalue weighted by atomic mass is 16.4. The first-order valence-electron chi connectivity index (χ1n) is 6.58. The van der Waals surface area contributed by atoms with E-state index >= 15 is 0 Å². The molecule has 1 aliphatic rings. The Morgan fingerprint density at radius 2 is 2.22 bits per heavy atom. The molecule has 0 aliphatic heterocycles. The van der Waals surface area contributed by atoms with Gasteiger partial charge in [-0.3, -0.25) is 0 Å². The lowest BCUT2D eigenvalue weighted by Gasteiger charge is -2.21. The molecule has 3 N–H and O–H groups in total. The minimum Gasteiger partial charge on any atom is -0.480 e. The van der Waals surface area contributed by atoms with Crippen LogP contribution in [0.5, 0.6) is 0 Å². The van der Waals surface area contributed by atoms with Crippen molar-refractivity contribution >= 4 is 12.0 Å². The predicted molar refractivity (Wildman–Crippen MR) is 69.4 cm³/mol. The molecule has 2 amide bonds. The van der Waals surface area contributed by atoms with Crippen LogP contribution in [0.25, 0.3) is 0 Å². The van der Waals surface area contributed by atoms with Gasteiger partial charge in [-0.1, -0.05) is 31.9 Å². The van der Waals surface area contributed by atoms with Crippen molar-refractivity contribution in [1.29, 1.82) is 0 Å². The van der Waals surface area contributed by atoms with E-state index in [-0.39, 0.29) is 12.1 Å². The fourth-order valence-electron chi connectivity index (χ4n) is 1.98. The highest BCUT2D eigenvalue weighted by molar-refractivity contribution is 5.82. The van der Waals surface area contributed by atoms with Crippen LogP contribution in [0.1, 0.15) is 45.4 Å². The molecule has 0 saturated heterocycles. The zero-order valence-corrected chi connectivity index (χ0v) is 10.8. The molecule has 5 nitrogen and oxygen atoms in total. The summed E-state index contributed by atoms with van der Waals surface area (Å²) in [6, 6.07) is -1.04. The van der Waals surface area contributed by atoms with E-state index in [1.165, 1.54) is 0 Å². The van der Waals surface area contributed by atoms with Crippen molar-refractivity contribution < 1.29 is 14.7 Å². The normalized spacial score (nSPS) is 20.2. The van der Waals surface area contributed by atoms with Crippen molar-refractivity contribution in [2.75, 3.05) is 0 Å². The Morgan fingerprint density at radius 3 is 2.78 bits per heavy atom. The molecule has 0 aromatic rings. The molecule has 2 unspecified atom stereocenters. The topological polar surface area (TPSA) is 78.4 Å². The van der Waals surface area contributed by atoms with E-state index in [1.54, 1.807) is 0 Å². The summed E-state index contributed by atoms with van der Waals surface area (Å²) >= 11 is 0. The van der Waals surface area contributed by atoms with Crippen LogP contribution in [0.2, 0.25) is 0 Å². The number of carbonyl (C=O) groups is 2. The van der Waals surface area contributed by atoms with Gasteiger partial charge < -0.3 is 15.7 Å². The van der Waals surface area contributed by atoms with Crippen LogP contribution in [-0.4, -0.2) is 29.2 Å². The summed E-state index contributed by atoms with van der Waals surface area (Å²) in [5.74, 6) is -0.970. The van der Waals surface area contributed by atoms with Crippen LogP contribution in [0.15, 0.2) is 12.2 Å². The lowest BCUT2D eigenvalue weighted by molar-refractivity contribution is -0.139. The van der Waals surface area contributed by atoms with Crippen LogP contribution in [-0.2, 0) is 4.79 Å². The highest BCUT2D eigenvalue weighted by Crippen LogP contribution is 2.10. The first-order valence-corrected chi connectivity index (χ1v) is 6.58. The summed E-state index contributed by atoms with van der Waals surface area (Å²) in [7, 11) is 0. The van der Waals surface area contributed by atoms with Gasteiger partial charge in [-0.15, -0.1) is 0 Å². The zero-order chi connectivity index (χ0) is 13.4. The lowest BCUT2D eigenvalue weighted by atomic mass is 10.0. The number of hydrogen-bond acceptors (Lipinski definition) is 2. The molecule has 0 radical (unpaired) electrons. The number of allylic oxidation sites excluding steroid dienone is 1. The molecular formula is C13H22N2O3. The Labute approximate surface area is 108 Å². The van der Waals surface area contributed by atoms with Crippen molar-refractivity contribution in [2.24, 2.45) is 0 Å². The standard InChI is InChI=1S/C13H22N2O3/c1-2-3-9-11(12(16)17)15-13(18)14-10-7-5-4-6-8-10/h4-5,10-11H,2-3,6-9H2,1H3,(H,16,17)(H2,14,15,18). The third-order valence-electron chi connectivity index (χ3n) is 3.05. The van der Waals surface area contributed by atoms with Crippen LogP contribution < -0.4 is 10.6 Å². The largest absolute Gasteiger partial charge is 0.480 e. The van der Waals surface area contributed by atoms with E-state index in [4.69, 9.17) is 5.11 Å². The average Bonchev–Trinajstić information content (AvgIpc) is 2.35. The second-order valence-corrected chi connectivity index (χ2v) is 4.63. The molecule has 1 rings (SSSR count). The van der Waals surface area contributed by atoms with Gasteiger partial charge in [-0.05, 0) is 25.7 Å². The number of hydrogen-bond donors (Lipinski definition) is 3. The Bertz CT molecular complexity index is 315. The molecule has 5 heteroatoms. The maximum atomic E-state index is 11.7. The fourth-order valence-corrected chi connectivity index (χ4v) is 1.98. The number of carbonyl (C=O) groups excluding carboxylic acids is 1. The minimum absolute atomic E-state index is 0.121. The highest BCUT2D eigenvalue weighted by Gasteiger charge is 2.20. The number of unbranched alkanes of at least 4 members (excludes halogenated alkanes) is 1. The number of amides is 2. The maximum absolute atomic E-state index is 11.7. The fraction of sp³-hybridized carbons (Fsp3) is 0.692. The van der Waals surface area contributed by atoms with Crippen LogP contribution >= 0.6 is 0 Å². The molecule has 0 fully saturated rings. The molecule has 1 aliphatic carbocycles. The van der Waals surface area contributed by atoms with Gasteiger partial charge in [0.2, 0.25) is 0 Å². The van der Waals surface area contributed by atoms with Gasteiger partial charge in [0.05, 0.1) is 0 Å². The number of aliphatic carboxylic acids is 1. The van der Waals surface area contributed by atoms with E-state index in [0.29, 0.717) is 6.42 Å². The number of rotatable bonds is 6. The molecule has 2 atom stereocenters. The van der Waals surface area contributed by atoms with E-state index < -0.39 is 12.0 Å². The monoisotopic (exact) mass is 254 g/mol. The van der Waals surface area contributed by atoms with Gasteiger partial charge in [0, 0.05) is 6.04 Å². The van der Waals surface area contributed by atoms with Gasteiger partial charge in [-0.25, -0.2) is 9.59 Å². The Hall–Kier alpha value is -1.52. The minimum atomic E-state index is -0.970. The first kappa shape index (κ1) is 14.5. The van der Waals surface area contributed by atoms with Crippen molar-refractivity contribution in [2.45, 2.75) is 57.5 Å². The van der Waals surface area contributed by atoms with E-state index in [0.717, 1.165) is 32.1 Å². The molecule has 102 valence electrons. The van der Waals surface area contributed by atoms with Crippen molar-refractivity contribution in [3.63, 3.8) is 0 Å². The first-order chi connectivity index (χ1) is 8.63. The summed E-state index contributed by atoms with van der Waals surface area (Å²) in [6.45, 7) is 1.99. The van der Waals surface area contributed by atoms with Gasteiger partial charge in [-0.2, -0.15) is 0 Å². The van der Waals surface area contributed by atoms with Crippen LogP contribution in [0.4, 0.5) is 4.79 Å². The molecule has 0 saturated carbocycles. The smallest absolute Gasteiger partial charge is 0.326 e. The molecule has 0 bridgehead atoms. The maximum Gasteiger partial charge on any atom is 0.326 e. The SMILES string of the molecule is CCCCC(NC(=O)NC1CC=CCC1)C(=O)O. The second kappa shape index (κ2) is 7.74. The number of carboxylic acid groups (broad SMARTS) is 1. The van der Waals surface area contributed by atoms with Crippen molar-refractivity contribution in [3.05, 3.63) is 12.2 Å². The Morgan fingerprint density at radius 1 is 1.44 bits per heavy atom. The Kier molecular flexibility index (Phi) is 6.25. The lowest BCUT2D eigenvalue weighted by Crippen LogP contribution is -2.49. The molecule has 0 spiro atoms. The van der Waals surface area contributed by atoms with E-state index in [2.05, 4.69) is 16.7 Å². The predicted octanol–water partition coefficient (Wildman–Crippen LogP) is 2.04. The van der Waals surface area contributed by atoms with Crippen molar-refractivity contribution in [3.8, 4) is 0 Å². The molecule has 0 aromatic heterocycles. The second-order valence-electron chi connectivity index (χ2n) is 4.63. The summed E-state index contributed by atoms with van der Waals surface area (Å²) in [6.07, 6.45) is 9.02. The van der Waals surface area contributed by atoms with E-state index in [1.807, 2.05) is 13.0 Å². The zero-order valence-electron chi connectivity index (χ0n) is 10.8. The summed E-state index contributed by atoms with van der Waals surface area (Å²) < 4.78 is 0.